The minimum atomic E-state index is -0.804. The third kappa shape index (κ3) is 3.70. The van der Waals surface area contributed by atoms with E-state index < -0.39 is 12.1 Å². The highest BCUT2D eigenvalue weighted by Crippen LogP contribution is 2.19. The monoisotopic (exact) mass is 316 g/mol. The van der Waals surface area contributed by atoms with Crippen LogP contribution in [0.25, 0.3) is 11.0 Å². The van der Waals surface area contributed by atoms with Gasteiger partial charge >= 0.3 is 5.97 Å². The maximum Gasteiger partial charge on any atom is 0.312 e. The lowest BCUT2D eigenvalue weighted by atomic mass is 10.2. The third-order valence-electron chi connectivity index (χ3n) is 4.14. The van der Waals surface area contributed by atoms with Gasteiger partial charge in [0.1, 0.15) is 5.69 Å². The summed E-state index contributed by atoms with van der Waals surface area (Å²) in [5, 5.41) is 7.60. The number of esters is 1. The number of carbonyl (C=O) groups excluding carboxylic acids is 2. The summed E-state index contributed by atoms with van der Waals surface area (Å²) in [6.45, 7) is 1.59. The summed E-state index contributed by atoms with van der Waals surface area (Å²) < 4.78 is 10.4. The number of hydrogen-bond donors (Lipinski definition) is 1. The number of benzene rings is 1. The Balaban J connectivity index is 1.55. The molecule has 1 heterocycles. The highest BCUT2D eigenvalue weighted by Gasteiger charge is 2.23. The first-order valence-corrected chi connectivity index (χ1v) is 7.96. The van der Waals surface area contributed by atoms with Crippen molar-refractivity contribution in [2.75, 3.05) is 0 Å². The zero-order valence-corrected chi connectivity index (χ0v) is 13.1. The molecule has 1 aliphatic rings. The van der Waals surface area contributed by atoms with Crippen LogP contribution in [0.5, 0.6) is 0 Å². The van der Waals surface area contributed by atoms with Crippen LogP contribution in [0.15, 0.2) is 28.8 Å². The average molecular weight is 316 g/mol. The van der Waals surface area contributed by atoms with Crippen LogP contribution in [0.2, 0.25) is 0 Å². The number of carbonyl (C=O) groups is 2. The lowest BCUT2D eigenvalue weighted by molar-refractivity contribution is -0.154. The quantitative estimate of drug-likeness (QED) is 0.856. The maximum absolute atomic E-state index is 12.0. The van der Waals surface area contributed by atoms with Gasteiger partial charge in [0.05, 0.1) is 6.42 Å². The lowest BCUT2D eigenvalue weighted by Gasteiger charge is -2.16. The Morgan fingerprint density at radius 1 is 1.35 bits per heavy atom. The Hall–Kier alpha value is -2.37. The summed E-state index contributed by atoms with van der Waals surface area (Å²) in [6, 6.07) is 7.53. The number of rotatable bonds is 5. The van der Waals surface area contributed by atoms with Gasteiger partial charge in [-0.25, -0.2) is 0 Å². The number of para-hydroxylation sites is 1. The van der Waals surface area contributed by atoms with Crippen LogP contribution in [0.4, 0.5) is 0 Å². The second-order valence-corrected chi connectivity index (χ2v) is 5.92. The van der Waals surface area contributed by atoms with Crippen LogP contribution >= 0.6 is 0 Å². The number of nitrogens with one attached hydrogen (secondary N) is 1. The summed E-state index contributed by atoms with van der Waals surface area (Å²) in [5.74, 6) is -0.728. The Bertz CT molecular complexity index is 703. The van der Waals surface area contributed by atoms with Crippen molar-refractivity contribution in [3.05, 3.63) is 30.0 Å². The van der Waals surface area contributed by atoms with Gasteiger partial charge in [-0.2, -0.15) is 0 Å². The Morgan fingerprint density at radius 3 is 2.87 bits per heavy atom. The summed E-state index contributed by atoms with van der Waals surface area (Å²) >= 11 is 0. The van der Waals surface area contributed by atoms with Crippen molar-refractivity contribution in [3.8, 4) is 0 Å². The molecule has 3 rings (SSSR count). The molecule has 122 valence electrons. The van der Waals surface area contributed by atoms with Crippen molar-refractivity contribution >= 4 is 22.8 Å². The minimum absolute atomic E-state index is 0.0158. The first kappa shape index (κ1) is 15.5. The van der Waals surface area contributed by atoms with Gasteiger partial charge in [-0.05, 0) is 31.9 Å². The third-order valence-corrected chi connectivity index (χ3v) is 4.14. The fraction of sp³-hybridized carbons (Fsp3) is 0.471. The van der Waals surface area contributed by atoms with Crippen LogP contribution in [-0.2, 0) is 20.7 Å². The predicted molar refractivity (Wildman–Crippen MR) is 83.7 cm³/mol. The molecule has 0 bridgehead atoms. The van der Waals surface area contributed by atoms with Crippen LogP contribution in [-0.4, -0.2) is 29.2 Å². The summed E-state index contributed by atoms with van der Waals surface area (Å²) in [5.41, 5.74) is 1.15. The van der Waals surface area contributed by atoms with E-state index in [-0.39, 0.29) is 18.4 Å². The van der Waals surface area contributed by atoms with Gasteiger partial charge in [0.2, 0.25) is 0 Å². The number of fused-ring (bicyclic) bond motifs is 1. The fourth-order valence-electron chi connectivity index (χ4n) is 2.88. The fourth-order valence-corrected chi connectivity index (χ4v) is 2.88. The van der Waals surface area contributed by atoms with E-state index in [1.165, 1.54) is 0 Å². The number of nitrogens with zero attached hydrogens (tertiary/aromatic N) is 1. The molecule has 0 aliphatic heterocycles. The van der Waals surface area contributed by atoms with Gasteiger partial charge in [0.15, 0.2) is 11.7 Å². The zero-order valence-electron chi connectivity index (χ0n) is 13.1. The van der Waals surface area contributed by atoms with E-state index >= 15 is 0 Å². The standard InChI is InChI=1S/C17H20N2O4/c1-11(17(21)18-12-6-2-3-7-12)22-16(20)10-14-13-8-4-5-9-15(13)23-19-14/h4-5,8-9,11-12H,2-3,6-7,10H2,1H3,(H,18,21)/t11-/m0/s1. The smallest absolute Gasteiger partial charge is 0.312 e. The van der Waals surface area contributed by atoms with E-state index in [0.717, 1.165) is 31.1 Å². The molecule has 0 spiro atoms. The molecule has 1 fully saturated rings. The average Bonchev–Trinajstić information content (AvgIpc) is 3.17. The normalized spacial score (nSPS) is 16.4. The molecule has 0 saturated heterocycles. The van der Waals surface area contributed by atoms with Crippen LogP contribution in [0, 0.1) is 0 Å². The van der Waals surface area contributed by atoms with Gasteiger partial charge < -0.3 is 14.6 Å². The SMILES string of the molecule is C[C@H](OC(=O)Cc1noc2ccccc12)C(=O)NC1CCCC1. The second kappa shape index (κ2) is 6.81. The molecular formula is C17H20N2O4. The van der Waals surface area contributed by atoms with Crippen molar-refractivity contribution in [1.29, 1.82) is 0 Å². The molecule has 1 aromatic carbocycles. The molecule has 1 N–H and O–H groups in total. The topological polar surface area (TPSA) is 81.4 Å². The Morgan fingerprint density at radius 2 is 2.09 bits per heavy atom. The Kier molecular flexibility index (Phi) is 4.60. The van der Waals surface area contributed by atoms with E-state index in [9.17, 15) is 9.59 Å². The van der Waals surface area contributed by atoms with Gasteiger partial charge in [-0.15, -0.1) is 0 Å². The van der Waals surface area contributed by atoms with Crippen molar-refractivity contribution in [3.63, 3.8) is 0 Å². The molecule has 1 aromatic heterocycles. The molecule has 0 unspecified atom stereocenters. The molecule has 1 saturated carbocycles. The zero-order chi connectivity index (χ0) is 16.2. The summed E-state index contributed by atoms with van der Waals surface area (Å²) in [4.78, 5) is 24.0. The van der Waals surface area contributed by atoms with Crippen LogP contribution < -0.4 is 5.32 Å². The molecule has 1 aliphatic carbocycles. The van der Waals surface area contributed by atoms with Crippen molar-refractivity contribution in [1.82, 2.24) is 10.5 Å². The summed E-state index contributed by atoms with van der Waals surface area (Å²) in [6.07, 6.45) is 3.45. The Labute approximate surface area is 134 Å². The molecule has 1 atom stereocenters. The predicted octanol–water partition coefficient (Wildman–Crippen LogP) is 2.36. The number of ether oxygens (including phenoxy) is 1. The number of amides is 1. The maximum atomic E-state index is 12.0. The van der Waals surface area contributed by atoms with E-state index in [1.807, 2.05) is 18.2 Å². The van der Waals surface area contributed by atoms with Gasteiger partial charge in [0, 0.05) is 11.4 Å². The van der Waals surface area contributed by atoms with E-state index in [1.54, 1.807) is 13.0 Å². The first-order chi connectivity index (χ1) is 11.1. The molecular weight excluding hydrogens is 296 g/mol. The van der Waals surface area contributed by atoms with Crippen molar-refractivity contribution in [2.24, 2.45) is 0 Å². The number of aromatic nitrogens is 1. The largest absolute Gasteiger partial charge is 0.452 e. The van der Waals surface area contributed by atoms with Crippen molar-refractivity contribution < 1.29 is 18.8 Å². The van der Waals surface area contributed by atoms with Gasteiger partial charge in [-0.1, -0.05) is 30.1 Å². The summed E-state index contributed by atoms with van der Waals surface area (Å²) in [7, 11) is 0. The second-order valence-electron chi connectivity index (χ2n) is 5.92. The minimum Gasteiger partial charge on any atom is -0.452 e. The molecule has 23 heavy (non-hydrogen) atoms. The lowest BCUT2D eigenvalue weighted by Crippen LogP contribution is -2.41. The van der Waals surface area contributed by atoms with Gasteiger partial charge in [-0.3, -0.25) is 9.59 Å². The van der Waals surface area contributed by atoms with Crippen LogP contribution in [0.1, 0.15) is 38.3 Å². The highest BCUT2D eigenvalue weighted by molar-refractivity contribution is 5.86. The van der Waals surface area contributed by atoms with Crippen molar-refractivity contribution in [2.45, 2.75) is 51.2 Å². The number of hydrogen-bond acceptors (Lipinski definition) is 5. The van der Waals surface area contributed by atoms with E-state index in [4.69, 9.17) is 9.26 Å². The molecule has 6 heteroatoms. The van der Waals surface area contributed by atoms with Crippen LogP contribution in [0.3, 0.4) is 0 Å². The first-order valence-electron chi connectivity index (χ1n) is 7.96. The highest BCUT2D eigenvalue weighted by atomic mass is 16.5. The van der Waals surface area contributed by atoms with E-state index in [0.29, 0.717) is 11.3 Å². The molecule has 1 amide bonds. The van der Waals surface area contributed by atoms with E-state index in [2.05, 4.69) is 10.5 Å². The molecule has 2 aromatic rings. The van der Waals surface area contributed by atoms with Gasteiger partial charge in [0.25, 0.3) is 5.91 Å². The molecule has 0 radical (unpaired) electrons. The molecule has 6 nitrogen and oxygen atoms in total.